The van der Waals surface area contributed by atoms with Crippen molar-refractivity contribution in [3.63, 3.8) is 0 Å². The number of carbonyl (C=O) groups excluding carboxylic acids is 3. The van der Waals surface area contributed by atoms with Crippen molar-refractivity contribution in [1.82, 2.24) is 5.32 Å². The van der Waals surface area contributed by atoms with Crippen LogP contribution in [0.3, 0.4) is 0 Å². The lowest BCUT2D eigenvalue weighted by Gasteiger charge is -2.35. The lowest BCUT2D eigenvalue weighted by molar-refractivity contribution is -0.125. The quantitative estimate of drug-likeness (QED) is 0.753. The topological polar surface area (TPSA) is 101 Å². The number of nitrogens with one attached hydrogen (secondary N) is 2. The highest BCUT2D eigenvalue weighted by Gasteiger charge is 2.39. The summed E-state index contributed by atoms with van der Waals surface area (Å²) >= 11 is 1.34. The summed E-state index contributed by atoms with van der Waals surface area (Å²) < 4.78 is 0. The predicted octanol–water partition coefficient (Wildman–Crippen LogP) is 2.92. The van der Waals surface area contributed by atoms with Crippen LogP contribution in [0.15, 0.2) is 41.8 Å². The molecule has 1 aliphatic rings. The highest BCUT2D eigenvalue weighted by atomic mass is 32.1. The van der Waals surface area contributed by atoms with Gasteiger partial charge in [0.15, 0.2) is 0 Å². The van der Waals surface area contributed by atoms with Gasteiger partial charge in [-0.05, 0) is 42.5 Å². The molecule has 1 aliphatic carbocycles. The molecule has 4 N–H and O–H groups in total. The zero-order valence-corrected chi connectivity index (χ0v) is 15.1. The second kappa shape index (κ2) is 7.70. The molecule has 26 heavy (non-hydrogen) atoms. The van der Waals surface area contributed by atoms with Gasteiger partial charge in [0.25, 0.3) is 11.8 Å². The third-order valence-corrected chi connectivity index (χ3v) is 5.53. The number of hydrogen-bond donors (Lipinski definition) is 3. The van der Waals surface area contributed by atoms with Crippen molar-refractivity contribution in [1.29, 1.82) is 0 Å². The maximum Gasteiger partial charge on any atom is 0.265 e. The molecule has 0 bridgehead atoms. The maximum atomic E-state index is 12.7. The van der Waals surface area contributed by atoms with E-state index in [1.54, 1.807) is 36.4 Å². The predicted molar refractivity (Wildman–Crippen MR) is 101 cm³/mol. The largest absolute Gasteiger partial charge is 0.368 e. The molecule has 3 rings (SSSR count). The van der Waals surface area contributed by atoms with Crippen molar-refractivity contribution in [2.24, 2.45) is 5.73 Å². The Hall–Kier alpha value is -2.67. The fourth-order valence-corrected chi connectivity index (χ4v) is 3.84. The van der Waals surface area contributed by atoms with Gasteiger partial charge in [0, 0.05) is 11.3 Å². The Morgan fingerprint density at radius 2 is 1.77 bits per heavy atom. The molecule has 0 spiro atoms. The lowest BCUT2D eigenvalue weighted by Crippen LogP contribution is -2.58. The fourth-order valence-electron chi connectivity index (χ4n) is 3.22. The first-order valence-corrected chi connectivity index (χ1v) is 9.45. The monoisotopic (exact) mass is 371 g/mol. The number of anilines is 1. The number of rotatable bonds is 5. The van der Waals surface area contributed by atoms with Crippen molar-refractivity contribution in [2.75, 3.05) is 5.32 Å². The molecule has 0 saturated heterocycles. The summed E-state index contributed by atoms with van der Waals surface area (Å²) in [6.07, 6.45) is 3.88. The van der Waals surface area contributed by atoms with Gasteiger partial charge < -0.3 is 16.4 Å². The van der Waals surface area contributed by atoms with Gasteiger partial charge in [-0.15, -0.1) is 11.3 Å². The number of primary amides is 1. The SMILES string of the molecule is NC(=O)C1(NC(=O)c2cccc(NC(=O)c3cccs3)c2)CCCCC1. The molecule has 1 fully saturated rings. The summed E-state index contributed by atoms with van der Waals surface area (Å²) in [5.41, 5.74) is 5.48. The van der Waals surface area contributed by atoms with Crippen molar-refractivity contribution < 1.29 is 14.4 Å². The second-order valence-corrected chi connectivity index (χ2v) is 7.42. The van der Waals surface area contributed by atoms with E-state index in [4.69, 9.17) is 5.73 Å². The number of nitrogens with two attached hydrogens (primary N) is 1. The molecule has 0 aliphatic heterocycles. The van der Waals surface area contributed by atoms with Crippen LogP contribution in [-0.4, -0.2) is 23.3 Å². The minimum Gasteiger partial charge on any atom is -0.368 e. The van der Waals surface area contributed by atoms with Crippen molar-refractivity contribution >= 4 is 34.7 Å². The Balaban J connectivity index is 1.73. The Bertz CT molecular complexity index is 811. The standard InChI is InChI=1S/C19H21N3O3S/c20-18(25)19(9-2-1-3-10-19)22-16(23)13-6-4-7-14(12-13)21-17(24)15-8-5-11-26-15/h4-8,11-12H,1-3,9-10H2,(H2,20,25)(H,21,24)(H,22,23). The second-order valence-electron chi connectivity index (χ2n) is 6.47. The van der Waals surface area contributed by atoms with Crippen LogP contribution in [0.5, 0.6) is 0 Å². The van der Waals surface area contributed by atoms with E-state index in [9.17, 15) is 14.4 Å². The summed E-state index contributed by atoms with van der Waals surface area (Å²) in [5, 5.41) is 7.43. The first kappa shape index (κ1) is 18.1. The van der Waals surface area contributed by atoms with Gasteiger partial charge in [-0.1, -0.05) is 31.4 Å². The third kappa shape index (κ3) is 3.94. The van der Waals surface area contributed by atoms with Crippen LogP contribution in [0.4, 0.5) is 5.69 Å². The average Bonchev–Trinajstić information content (AvgIpc) is 3.17. The zero-order chi connectivity index (χ0) is 18.6. The number of carbonyl (C=O) groups is 3. The minimum atomic E-state index is -0.981. The summed E-state index contributed by atoms with van der Waals surface area (Å²) in [7, 11) is 0. The average molecular weight is 371 g/mol. The van der Waals surface area contributed by atoms with Gasteiger partial charge in [-0.3, -0.25) is 14.4 Å². The molecular weight excluding hydrogens is 350 g/mol. The van der Waals surface area contributed by atoms with E-state index in [1.165, 1.54) is 11.3 Å². The van der Waals surface area contributed by atoms with Gasteiger partial charge in [0.05, 0.1) is 4.88 Å². The van der Waals surface area contributed by atoms with Crippen LogP contribution < -0.4 is 16.4 Å². The van der Waals surface area contributed by atoms with E-state index in [-0.39, 0.29) is 11.8 Å². The van der Waals surface area contributed by atoms with Crippen LogP contribution in [0.1, 0.15) is 52.1 Å². The van der Waals surface area contributed by atoms with Gasteiger partial charge >= 0.3 is 0 Å². The van der Waals surface area contributed by atoms with Crippen molar-refractivity contribution in [3.8, 4) is 0 Å². The molecule has 1 saturated carbocycles. The smallest absolute Gasteiger partial charge is 0.265 e. The highest BCUT2D eigenvalue weighted by molar-refractivity contribution is 7.12. The molecule has 7 heteroatoms. The summed E-state index contributed by atoms with van der Waals surface area (Å²) in [6, 6.07) is 10.2. The van der Waals surface area contributed by atoms with E-state index in [0.29, 0.717) is 29.0 Å². The molecule has 0 atom stereocenters. The minimum absolute atomic E-state index is 0.224. The number of amides is 3. The van der Waals surface area contributed by atoms with Gasteiger partial charge in [-0.25, -0.2) is 0 Å². The number of thiophene rings is 1. The first-order valence-electron chi connectivity index (χ1n) is 8.57. The maximum absolute atomic E-state index is 12.7. The molecule has 1 aromatic carbocycles. The van der Waals surface area contributed by atoms with Crippen LogP contribution >= 0.6 is 11.3 Å². The van der Waals surface area contributed by atoms with Gasteiger partial charge in [-0.2, -0.15) is 0 Å². The van der Waals surface area contributed by atoms with E-state index < -0.39 is 11.4 Å². The van der Waals surface area contributed by atoms with Crippen LogP contribution in [0, 0.1) is 0 Å². The molecule has 3 amide bonds. The van der Waals surface area contributed by atoms with Crippen molar-refractivity contribution in [2.45, 2.75) is 37.6 Å². The number of benzene rings is 1. The normalized spacial score (nSPS) is 15.8. The van der Waals surface area contributed by atoms with Crippen LogP contribution in [-0.2, 0) is 4.79 Å². The molecule has 6 nitrogen and oxygen atoms in total. The van der Waals surface area contributed by atoms with Crippen LogP contribution in [0.2, 0.25) is 0 Å². The van der Waals surface area contributed by atoms with Crippen LogP contribution in [0.25, 0.3) is 0 Å². The molecule has 0 unspecified atom stereocenters. The van der Waals surface area contributed by atoms with Gasteiger partial charge in [0.1, 0.15) is 5.54 Å². The van der Waals surface area contributed by atoms with E-state index >= 15 is 0 Å². The molecule has 0 radical (unpaired) electrons. The Labute approximate surface area is 155 Å². The molecular formula is C19H21N3O3S. The summed E-state index contributed by atoms with van der Waals surface area (Å²) in [6.45, 7) is 0. The first-order chi connectivity index (χ1) is 12.5. The summed E-state index contributed by atoms with van der Waals surface area (Å²) in [5.74, 6) is -1.08. The van der Waals surface area contributed by atoms with Crippen molar-refractivity contribution in [3.05, 3.63) is 52.2 Å². The Kier molecular flexibility index (Phi) is 5.37. The fraction of sp³-hybridized carbons (Fsp3) is 0.316. The summed E-state index contributed by atoms with van der Waals surface area (Å²) in [4.78, 5) is 37.3. The molecule has 1 aromatic heterocycles. The molecule has 1 heterocycles. The van der Waals surface area contributed by atoms with E-state index in [1.807, 2.05) is 5.38 Å². The molecule has 2 aromatic rings. The highest BCUT2D eigenvalue weighted by Crippen LogP contribution is 2.28. The van der Waals surface area contributed by atoms with Gasteiger partial charge in [0.2, 0.25) is 5.91 Å². The third-order valence-electron chi connectivity index (χ3n) is 4.66. The number of hydrogen-bond acceptors (Lipinski definition) is 4. The Morgan fingerprint density at radius 1 is 1.00 bits per heavy atom. The Morgan fingerprint density at radius 3 is 2.42 bits per heavy atom. The van der Waals surface area contributed by atoms with E-state index in [0.717, 1.165) is 19.3 Å². The molecule has 136 valence electrons. The zero-order valence-electron chi connectivity index (χ0n) is 14.3. The van der Waals surface area contributed by atoms with E-state index in [2.05, 4.69) is 10.6 Å². The lowest BCUT2D eigenvalue weighted by atomic mass is 9.81.